The standard InChI is InChI=1S/C18H27NO2/c1-20-17-7-5-14(6-8-17)11-16-13-19(12-15-3-4-15)10-9-18(16)21-2/h5-8,15-16,18H,3-4,9-13H2,1-2H3/t16-,18-/m1/s1. The summed E-state index contributed by atoms with van der Waals surface area (Å²) in [6, 6.07) is 8.49. The lowest BCUT2D eigenvalue weighted by molar-refractivity contribution is -0.00734. The van der Waals surface area contributed by atoms with Gasteiger partial charge in [0.25, 0.3) is 0 Å². The third-order valence-corrected chi connectivity index (χ3v) is 4.92. The van der Waals surface area contributed by atoms with Crippen molar-refractivity contribution in [3.05, 3.63) is 29.8 Å². The molecule has 1 saturated carbocycles. The Labute approximate surface area is 128 Å². The summed E-state index contributed by atoms with van der Waals surface area (Å²) in [4.78, 5) is 2.65. The molecule has 1 aromatic carbocycles. The van der Waals surface area contributed by atoms with Crippen molar-refractivity contribution >= 4 is 0 Å². The first-order valence-corrected chi connectivity index (χ1v) is 8.16. The Morgan fingerprint density at radius 3 is 2.48 bits per heavy atom. The molecule has 2 fully saturated rings. The van der Waals surface area contributed by atoms with Crippen LogP contribution in [0, 0.1) is 11.8 Å². The summed E-state index contributed by atoms with van der Waals surface area (Å²) in [5.41, 5.74) is 1.39. The average Bonchev–Trinajstić information content (AvgIpc) is 3.32. The topological polar surface area (TPSA) is 21.7 Å². The van der Waals surface area contributed by atoms with E-state index in [4.69, 9.17) is 9.47 Å². The molecule has 3 heteroatoms. The molecule has 0 bridgehead atoms. The molecule has 3 nitrogen and oxygen atoms in total. The third-order valence-electron chi connectivity index (χ3n) is 4.92. The van der Waals surface area contributed by atoms with Gasteiger partial charge in [0.15, 0.2) is 0 Å². The molecule has 116 valence electrons. The highest BCUT2D eigenvalue weighted by Crippen LogP contribution is 2.32. The van der Waals surface area contributed by atoms with Crippen LogP contribution in [0.2, 0.25) is 0 Å². The molecule has 1 aliphatic heterocycles. The van der Waals surface area contributed by atoms with E-state index in [0.717, 1.165) is 18.1 Å². The fourth-order valence-corrected chi connectivity index (χ4v) is 3.49. The number of benzene rings is 1. The molecule has 0 unspecified atom stereocenters. The smallest absolute Gasteiger partial charge is 0.118 e. The normalized spacial score (nSPS) is 26.8. The molecule has 3 rings (SSSR count). The van der Waals surface area contributed by atoms with Crippen molar-refractivity contribution in [1.29, 1.82) is 0 Å². The zero-order valence-corrected chi connectivity index (χ0v) is 13.3. The highest BCUT2D eigenvalue weighted by molar-refractivity contribution is 5.27. The maximum Gasteiger partial charge on any atom is 0.118 e. The van der Waals surface area contributed by atoms with Crippen LogP contribution in [0.15, 0.2) is 24.3 Å². The van der Waals surface area contributed by atoms with Crippen molar-refractivity contribution < 1.29 is 9.47 Å². The first kappa shape index (κ1) is 14.9. The van der Waals surface area contributed by atoms with Crippen molar-refractivity contribution in [3.63, 3.8) is 0 Å². The van der Waals surface area contributed by atoms with E-state index in [2.05, 4.69) is 29.2 Å². The molecule has 2 aliphatic rings. The lowest BCUT2D eigenvalue weighted by Gasteiger charge is -2.38. The van der Waals surface area contributed by atoms with Gasteiger partial charge >= 0.3 is 0 Å². The van der Waals surface area contributed by atoms with E-state index >= 15 is 0 Å². The van der Waals surface area contributed by atoms with Crippen molar-refractivity contribution in [2.24, 2.45) is 11.8 Å². The second kappa shape index (κ2) is 6.80. The van der Waals surface area contributed by atoms with Crippen LogP contribution in [0.25, 0.3) is 0 Å². The van der Waals surface area contributed by atoms with Gasteiger partial charge in [0.05, 0.1) is 13.2 Å². The van der Waals surface area contributed by atoms with Crippen molar-refractivity contribution in [2.45, 2.75) is 31.8 Å². The Morgan fingerprint density at radius 2 is 1.86 bits per heavy atom. The highest BCUT2D eigenvalue weighted by atomic mass is 16.5. The molecule has 0 aromatic heterocycles. The van der Waals surface area contributed by atoms with Crippen LogP contribution in [-0.4, -0.2) is 44.9 Å². The summed E-state index contributed by atoms with van der Waals surface area (Å²) < 4.78 is 11.0. The molecule has 21 heavy (non-hydrogen) atoms. The molecule has 0 N–H and O–H groups in total. The van der Waals surface area contributed by atoms with Gasteiger partial charge in [-0.25, -0.2) is 0 Å². The molecule has 1 heterocycles. The minimum absolute atomic E-state index is 0.405. The summed E-state index contributed by atoms with van der Waals surface area (Å²) in [5, 5.41) is 0. The van der Waals surface area contributed by atoms with Gasteiger partial charge in [-0.1, -0.05) is 12.1 Å². The Hall–Kier alpha value is -1.06. The van der Waals surface area contributed by atoms with Gasteiger partial charge in [-0.3, -0.25) is 0 Å². The molecule has 0 amide bonds. The predicted octanol–water partition coefficient (Wildman–Crippen LogP) is 2.98. The van der Waals surface area contributed by atoms with E-state index in [1.807, 2.05) is 7.11 Å². The third kappa shape index (κ3) is 3.98. The number of methoxy groups -OCH3 is 2. The predicted molar refractivity (Wildman–Crippen MR) is 84.8 cm³/mol. The highest BCUT2D eigenvalue weighted by Gasteiger charge is 2.32. The van der Waals surface area contributed by atoms with E-state index in [9.17, 15) is 0 Å². The average molecular weight is 289 g/mol. The molecule has 1 aromatic rings. The van der Waals surface area contributed by atoms with E-state index < -0.39 is 0 Å². The second-order valence-corrected chi connectivity index (χ2v) is 6.58. The summed E-state index contributed by atoms with van der Waals surface area (Å²) in [6.07, 6.45) is 5.55. The number of nitrogens with zero attached hydrogens (tertiary/aromatic N) is 1. The molecule has 1 saturated heterocycles. The van der Waals surface area contributed by atoms with E-state index in [1.165, 1.54) is 44.5 Å². The quantitative estimate of drug-likeness (QED) is 0.803. The van der Waals surface area contributed by atoms with Crippen molar-refractivity contribution in [2.75, 3.05) is 33.9 Å². The number of hydrogen-bond donors (Lipinski definition) is 0. The molecular weight excluding hydrogens is 262 g/mol. The number of piperidine rings is 1. The summed E-state index contributed by atoms with van der Waals surface area (Å²) in [6.45, 7) is 3.69. The van der Waals surface area contributed by atoms with Gasteiger partial charge in [-0.2, -0.15) is 0 Å². The Balaban J connectivity index is 1.61. The summed E-state index contributed by atoms with van der Waals surface area (Å²) in [7, 11) is 3.58. The maximum atomic E-state index is 5.74. The minimum atomic E-state index is 0.405. The number of ether oxygens (including phenoxy) is 2. The second-order valence-electron chi connectivity index (χ2n) is 6.58. The van der Waals surface area contributed by atoms with E-state index in [0.29, 0.717) is 12.0 Å². The van der Waals surface area contributed by atoms with Gasteiger partial charge in [-0.05, 0) is 49.3 Å². The molecular formula is C18H27NO2. The lowest BCUT2D eigenvalue weighted by Crippen LogP contribution is -2.45. The zero-order valence-electron chi connectivity index (χ0n) is 13.3. The van der Waals surface area contributed by atoms with Gasteiger partial charge < -0.3 is 14.4 Å². The Kier molecular flexibility index (Phi) is 4.81. The minimum Gasteiger partial charge on any atom is -0.497 e. The number of hydrogen-bond acceptors (Lipinski definition) is 3. The van der Waals surface area contributed by atoms with Gasteiger partial charge in [0.1, 0.15) is 5.75 Å². The SMILES string of the molecule is COc1ccc(C[C@@H]2CN(CC3CC3)CC[C@H]2OC)cc1. The van der Waals surface area contributed by atoms with Gasteiger partial charge in [0.2, 0.25) is 0 Å². The van der Waals surface area contributed by atoms with Crippen molar-refractivity contribution in [3.8, 4) is 5.75 Å². The first-order chi connectivity index (χ1) is 10.3. The largest absolute Gasteiger partial charge is 0.497 e. The fraction of sp³-hybridized carbons (Fsp3) is 0.667. The van der Waals surface area contributed by atoms with Crippen LogP contribution in [0.4, 0.5) is 0 Å². The van der Waals surface area contributed by atoms with E-state index in [1.54, 1.807) is 7.11 Å². The summed E-state index contributed by atoms with van der Waals surface area (Å²) in [5.74, 6) is 2.52. The fourth-order valence-electron chi connectivity index (χ4n) is 3.49. The van der Waals surface area contributed by atoms with E-state index in [-0.39, 0.29) is 0 Å². The van der Waals surface area contributed by atoms with Gasteiger partial charge in [-0.15, -0.1) is 0 Å². The van der Waals surface area contributed by atoms with Crippen LogP contribution in [0.5, 0.6) is 5.75 Å². The lowest BCUT2D eigenvalue weighted by atomic mass is 9.88. The van der Waals surface area contributed by atoms with Crippen LogP contribution < -0.4 is 4.74 Å². The summed E-state index contributed by atoms with van der Waals surface area (Å²) >= 11 is 0. The first-order valence-electron chi connectivity index (χ1n) is 8.16. The Bertz CT molecular complexity index is 441. The van der Waals surface area contributed by atoms with Crippen LogP contribution in [0.3, 0.4) is 0 Å². The molecule has 1 aliphatic carbocycles. The van der Waals surface area contributed by atoms with Crippen molar-refractivity contribution in [1.82, 2.24) is 4.90 Å². The maximum absolute atomic E-state index is 5.74. The Morgan fingerprint density at radius 1 is 1.10 bits per heavy atom. The zero-order chi connectivity index (χ0) is 14.7. The molecule has 0 radical (unpaired) electrons. The van der Waals surface area contributed by atoms with Crippen LogP contribution in [0.1, 0.15) is 24.8 Å². The molecule has 0 spiro atoms. The number of likely N-dealkylation sites (tertiary alicyclic amines) is 1. The molecule has 2 atom stereocenters. The number of rotatable bonds is 6. The van der Waals surface area contributed by atoms with Gasteiger partial charge in [0, 0.05) is 32.7 Å². The monoisotopic (exact) mass is 289 g/mol. The van der Waals surface area contributed by atoms with Crippen LogP contribution >= 0.6 is 0 Å². The van der Waals surface area contributed by atoms with Crippen LogP contribution in [-0.2, 0) is 11.2 Å².